The van der Waals surface area contributed by atoms with E-state index in [1.165, 1.54) is 0 Å². The number of carbonyl (C=O) groups is 2. The summed E-state index contributed by atoms with van der Waals surface area (Å²) in [5.74, 6) is 0.358. The van der Waals surface area contributed by atoms with Crippen LogP contribution in [0, 0.1) is 0 Å². The number of amides is 2. The van der Waals surface area contributed by atoms with Gasteiger partial charge in [-0.15, -0.1) is 0 Å². The van der Waals surface area contributed by atoms with Gasteiger partial charge in [-0.25, -0.2) is 4.98 Å². The van der Waals surface area contributed by atoms with Gasteiger partial charge in [0.05, 0.1) is 0 Å². The Morgan fingerprint density at radius 3 is 2.93 bits per heavy atom. The number of nitrogens with one attached hydrogen (secondary N) is 1. The minimum atomic E-state index is -0.207. The summed E-state index contributed by atoms with van der Waals surface area (Å²) in [6.45, 7) is 0.638. The summed E-state index contributed by atoms with van der Waals surface area (Å²) >= 11 is 3.50. The Labute approximate surface area is 164 Å². The van der Waals surface area contributed by atoms with Gasteiger partial charge in [0, 0.05) is 34.4 Å². The van der Waals surface area contributed by atoms with Gasteiger partial charge in [0.25, 0.3) is 5.91 Å². The Hall–Kier alpha value is -2.67. The molecule has 136 valence electrons. The SMILES string of the molecule is O=C(CN1CC2(CC2)c2cc(Br)ccc2C1=O)Nc1cccc2nccn12. The summed E-state index contributed by atoms with van der Waals surface area (Å²) < 4.78 is 2.80. The Morgan fingerprint density at radius 2 is 2.11 bits per heavy atom. The molecule has 1 aliphatic carbocycles. The first-order chi connectivity index (χ1) is 13.1. The average Bonchev–Trinajstić information content (AvgIpc) is 3.24. The predicted molar refractivity (Wildman–Crippen MR) is 105 cm³/mol. The molecule has 5 rings (SSSR count). The van der Waals surface area contributed by atoms with E-state index in [2.05, 4.69) is 32.3 Å². The lowest BCUT2D eigenvalue weighted by Gasteiger charge is -2.34. The van der Waals surface area contributed by atoms with E-state index < -0.39 is 0 Å². The summed E-state index contributed by atoms with van der Waals surface area (Å²) in [4.78, 5) is 31.5. The molecule has 1 saturated carbocycles. The third-order valence-electron chi connectivity index (χ3n) is 5.45. The molecule has 2 aliphatic rings. The van der Waals surface area contributed by atoms with Crippen LogP contribution in [-0.4, -0.2) is 39.2 Å². The van der Waals surface area contributed by atoms with Gasteiger partial charge >= 0.3 is 0 Å². The number of hydrogen-bond donors (Lipinski definition) is 1. The second kappa shape index (κ2) is 5.92. The molecule has 1 fully saturated rings. The van der Waals surface area contributed by atoms with Crippen LogP contribution in [0.15, 0.2) is 53.3 Å². The minimum Gasteiger partial charge on any atom is -0.328 e. The highest BCUT2D eigenvalue weighted by molar-refractivity contribution is 9.10. The van der Waals surface area contributed by atoms with Crippen LogP contribution in [-0.2, 0) is 10.2 Å². The monoisotopic (exact) mass is 424 g/mol. The van der Waals surface area contributed by atoms with Crippen LogP contribution < -0.4 is 5.32 Å². The summed E-state index contributed by atoms with van der Waals surface area (Å²) in [6, 6.07) is 11.3. The molecule has 1 aliphatic heterocycles. The van der Waals surface area contributed by atoms with Gasteiger partial charge in [-0.05, 0) is 48.7 Å². The van der Waals surface area contributed by atoms with Crippen molar-refractivity contribution in [2.75, 3.05) is 18.4 Å². The normalized spacial score (nSPS) is 17.2. The van der Waals surface area contributed by atoms with Crippen molar-refractivity contribution in [3.05, 3.63) is 64.4 Å². The number of anilines is 1. The van der Waals surface area contributed by atoms with Crippen LogP contribution in [0.3, 0.4) is 0 Å². The molecule has 27 heavy (non-hydrogen) atoms. The summed E-state index contributed by atoms with van der Waals surface area (Å²) in [5, 5.41) is 2.90. The number of halogens is 1. The van der Waals surface area contributed by atoms with Gasteiger partial charge in [-0.1, -0.05) is 22.0 Å². The van der Waals surface area contributed by atoms with Gasteiger partial charge in [-0.3, -0.25) is 14.0 Å². The quantitative estimate of drug-likeness (QED) is 0.701. The number of pyridine rings is 1. The first-order valence-electron chi connectivity index (χ1n) is 8.87. The number of carbonyl (C=O) groups excluding carboxylic acids is 2. The van der Waals surface area contributed by atoms with Crippen molar-refractivity contribution in [3.63, 3.8) is 0 Å². The molecular weight excluding hydrogens is 408 g/mol. The van der Waals surface area contributed by atoms with Crippen LogP contribution in [0.2, 0.25) is 0 Å². The highest BCUT2D eigenvalue weighted by Gasteiger charge is 2.51. The lowest BCUT2D eigenvalue weighted by atomic mass is 9.86. The summed E-state index contributed by atoms with van der Waals surface area (Å²) in [7, 11) is 0. The van der Waals surface area contributed by atoms with E-state index in [9.17, 15) is 9.59 Å². The van der Waals surface area contributed by atoms with E-state index in [1.54, 1.807) is 17.3 Å². The third kappa shape index (κ3) is 2.73. The van der Waals surface area contributed by atoms with Gasteiger partial charge < -0.3 is 10.2 Å². The molecule has 3 aromatic rings. The second-order valence-electron chi connectivity index (χ2n) is 7.25. The van der Waals surface area contributed by atoms with Crippen LogP contribution in [0.1, 0.15) is 28.8 Å². The van der Waals surface area contributed by atoms with Crippen molar-refractivity contribution < 1.29 is 9.59 Å². The average molecular weight is 425 g/mol. The maximum atomic E-state index is 12.9. The van der Waals surface area contributed by atoms with Gasteiger partial charge in [0.1, 0.15) is 18.0 Å². The van der Waals surface area contributed by atoms with E-state index in [-0.39, 0.29) is 23.8 Å². The zero-order valence-corrected chi connectivity index (χ0v) is 16.1. The fraction of sp³-hybridized carbons (Fsp3) is 0.250. The lowest BCUT2D eigenvalue weighted by molar-refractivity contribution is -0.117. The third-order valence-corrected chi connectivity index (χ3v) is 5.94. The Bertz CT molecular complexity index is 1090. The van der Waals surface area contributed by atoms with E-state index in [1.807, 2.05) is 34.7 Å². The number of fused-ring (bicyclic) bond motifs is 3. The highest BCUT2D eigenvalue weighted by Crippen LogP contribution is 2.52. The molecule has 2 aromatic heterocycles. The second-order valence-corrected chi connectivity index (χ2v) is 8.16. The zero-order valence-electron chi connectivity index (χ0n) is 14.5. The Kier molecular flexibility index (Phi) is 3.62. The van der Waals surface area contributed by atoms with Gasteiger partial charge in [-0.2, -0.15) is 0 Å². The largest absolute Gasteiger partial charge is 0.328 e. The van der Waals surface area contributed by atoms with Crippen molar-refractivity contribution in [1.29, 1.82) is 0 Å². The van der Waals surface area contributed by atoms with Crippen LogP contribution in [0.4, 0.5) is 5.82 Å². The Morgan fingerprint density at radius 1 is 1.26 bits per heavy atom. The van der Waals surface area contributed by atoms with E-state index in [4.69, 9.17) is 0 Å². The predicted octanol–water partition coefficient (Wildman–Crippen LogP) is 3.22. The minimum absolute atomic E-state index is 0.0116. The molecular formula is C20H17BrN4O2. The van der Waals surface area contributed by atoms with Crippen molar-refractivity contribution >= 4 is 39.2 Å². The van der Waals surface area contributed by atoms with E-state index in [0.29, 0.717) is 17.9 Å². The van der Waals surface area contributed by atoms with E-state index in [0.717, 1.165) is 28.5 Å². The number of imidazole rings is 1. The van der Waals surface area contributed by atoms with E-state index >= 15 is 0 Å². The molecule has 0 atom stereocenters. The first-order valence-corrected chi connectivity index (χ1v) is 9.66. The Balaban J connectivity index is 1.38. The molecule has 1 N–H and O–H groups in total. The summed E-state index contributed by atoms with van der Waals surface area (Å²) in [5.41, 5.74) is 2.60. The van der Waals surface area contributed by atoms with Crippen LogP contribution >= 0.6 is 15.9 Å². The van der Waals surface area contributed by atoms with Crippen LogP contribution in [0.5, 0.6) is 0 Å². The number of nitrogens with zero attached hydrogens (tertiary/aromatic N) is 3. The smallest absolute Gasteiger partial charge is 0.254 e. The summed E-state index contributed by atoms with van der Waals surface area (Å²) in [6.07, 6.45) is 5.59. The van der Waals surface area contributed by atoms with Crippen LogP contribution in [0.25, 0.3) is 5.65 Å². The van der Waals surface area contributed by atoms with Gasteiger partial charge in [0.2, 0.25) is 5.91 Å². The van der Waals surface area contributed by atoms with Crippen molar-refractivity contribution in [1.82, 2.24) is 14.3 Å². The topological polar surface area (TPSA) is 66.7 Å². The molecule has 6 nitrogen and oxygen atoms in total. The van der Waals surface area contributed by atoms with Crippen molar-refractivity contribution in [2.45, 2.75) is 18.3 Å². The molecule has 1 aromatic carbocycles. The molecule has 1 spiro atoms. The maximum Gasteiger partial charge on any atom is 0.254 e. The van der Waals surface area contributed by atoms with Gasteiger partial charge in [0.15, 0.2) is 0 Å². The molecule has 0 saturated heterocycles. The molecule has 2 amide bonds. The lowest BCUT2D eigenvalue weighted by Crippen LogP contribution is -2.46. The molecule has 0 unspecified atom stereocenters. The number of rotatable bonds is 3. The number of hydrogen-bond acceptors (Lipinski definition) is 3. The first kappa shape index (κ1) is 16.5. The number of benzene rings is 1. The maximum absolute atomic E-state index is 12.9. The highest BCUT2D eigenvalue weighted by atomic mass is 79.9. The zero-order chi connectivity index (χ0) is 18.6. The number of aromatic nitrogens is 2. The standard InChI is InChI=1S/C20H17BrN4O2/c21-13-4-5-14-15(10-13)20(6-7-20)12-24(19(14)27)11-18(26)23-17-3-1-2-16-22-8-9-25(16)17/h1-5,8-10H,6-7,11-12H2,(H,23,26). The van der Waals surface area contributed by atoms with Crippen molar-refractivity contribution in [3.8, 4) is 0 Å². The molecule has 7 heteroatoms. The fourth-order valence-electron chi connectivity index (χ4n) is 3.95. The molecule has 3 heterocycles. The molecule has 0 radical (unpaired) electrons. The fourth-order valence-corrected chi connectivity index (χ4v) is 4.31. The molecule has 0 bridgehead atoms. The van der Waals surface area contributed by atoms with Crippen molar-refractivity contribution in [2.24, 2.45) is 0 Å².